The number of hydrogen-bond acceptors (Lipinski definition) is 4. The fourth-order valence-corrected chi connectivity index (χ4v) is 3.23. The van der Waals surface area contributed by atoms with Gasteiger partial charge in [0.15, 0.2) is 0 Å². The summed E-state index contributed by atoms with van der Waals surface area (Å²) in [6, 6.07) is 4.31. The van der Waals surface area contributed by atoms with E-state index >= 15 is 0 Å². The molecule has 2 rings (SSSR count). The Labute approximate surface area is 121 Å². The average molecular weight is 300 g/mol. The first kappa shape index (κ1) is 15.5. The average Bonchev–Trinajstić information content (AvgIpc) is 2.64. The molecule has 2 heterocycles. The van der Waals surface area contributed by atoms with Crippen molar-refractivity contribution in [1.29, 1.82) is 0 Å². The summed E-state index contributed by atoms with van der Waals surface area (Å²) in [7, 11) is -3.11. The van der Waals surface area contributed by atoms with Crippen LogP contribution in [0.5, 0.6) is 0 Å². The van der Waals surface area contributed by atoms with Crippen LogP contribution in [-0.2, 0) is 10.0 Å². The van der Waals surface area contributed by atoms with Gasteiger partial charge in [0.2, 0.25) is 10.0 Å². The normalized spacial score (nSPS) is 21.8. The van der Waals surface area contributed by atoms with Crippen LogP contribution in [0.15, 0.2) is 16.5 Å². The van der Waals surface area contributed by atoms with Crippen LogP contribution >= 0.6 is 0 Å². The van der Waals surface area contributed by atoms with Crippen molar-refractivity contribution in [3.05, 3.63) is 23.7 Å². The minimum Gasteiger partial charge on any atom is -0.465 e. The molecule has 1 saturated heterocycles. The first-order valence-electron chi connectivity index (χ1n) is 7.21. The van der Waals surface area contributed by atoms with Crippen LogP contribution in [0.3, 0.4) is 0 Å². The highest BCUT2D eigenvalue weighted by molar-refractivity contribution is 7.88. The number of furan rings is 1. The lowest BCUT2D eigenvalue weighted by molar-refractivity contribution is 0.180. The number of nitrogens with one attached hydrogen (secondary N) is 1. The molecule has 114 valence electrons. The van der Waals surface area contributed by atoms with E-state index in [1.165, 1.54) is 19.1 Å². The van der Waals surface area contributed by atoms with E-state index in [1.54, 1.807) is 0 Å². The fraction of sp³-hybridized carbons (Fsp3) is 0.714. The van der Waals surface area contributed by atoms with Crippen molar-refractivity contribution in [2.75, 3.05) is 25.9 Å². The quantitative estimate of drug-likeness (QED) is 0.904. The van der Waals surface area contributed by atoms with Crippen LogP contribution in [0.4, 0.5) is 0 Å². The van der Waals surface area contributed by atoms with E-state index in [4.69, 9.17) is 4.42 Å². The molecule has 5 nitrogen and oxygen atoms in total. The lowest BCUT2D eigenvalue weighted by atomic mass is 10.1. The van der Waals surface area contributed by atoms with E-state index in [-0.39, 0.29) is 6.04 Å². The summed E-state index contributed by atoms with van der Waals surface area (Å²) in [5.74, 6) is 1.93. The van der Waals surface area contributed by atoms with Crippen LogP contribution in [0.2, 0.25) is 0 Å². The van der Waals surface area contributed by atoms with Gasteiger partial charge in [-0.15, -0.1) is 0 Å². The summed E-state index contributed by atoms with van der Waals surface area (Å²) in [5.41, 5.74) is 0. The first-order chi connectivity index (χ1) is 9.46. The molecule has 0 radical (unpaired) electrons. The number of likely N-dealkylation sites (tertiary alicyclic amines) is 1. The zero-order valence-electron chi connectivity index (χ0n) is 12.3. The standard InChI is InChI=1S/C14H24N2O3S/c1-12-7-8-14(19-12)13-6-4-3-5-10-16(13)11-9-15-20(2,17)18/h7-8,13,15H,3-6,9-11H2,1-2H3/t13-/m1/s1. The molecule has 6 heteroatoms. The Balaban J connectivity index is 2.01. The Morgan fingerprint density at radius 2 is 2.15 bits per heavy atom. The van der Waals surface area contributed by atoms with E-state index in [9.17, 15) is 8.42 Å². The summed E-state index contributed by atoms with van der Waals surface area (Å²) in [5, 5.41) is 0. The van der Waals surface area contributed by atoms with E-state index in [0.29, 0.717) is 6.54 Å². The molecule has 0 unspecified atom stereocenters. The minimum absolute atomic E-state index is 0.271. The summed E-state index contributed by atoms with van der Waals surface area (Å²) in [6.45, 7) is 4.12. The van der Waals surface area contributed by atoms with Crippen LogP contribution in [0.1, 0.15) is 43.2 Å². The Bertz CT molecular complexity index is 524. The van der Waals surface area contributed by atoms with E-state index in [1.807, 2.05) is 19.1 Å². The Morgan fingerprint density at radius 1 is 1.35 bits per heavy atom. The van der Waals surface area contributed by atoms with Gasteiger partial charge in [-0.3, -0.25) is 4.90 Å². The van der Waals surface area contributed by atoms with E-state index in [2.05, 4.69) is 9.62 Å². The van der Waals surface area contributed by atoms with E-state index < -0.39 is 10.0 Å². The highest BCUT2D eigenvalue weighted by atomic mass is 32.2. The third kappa shape index (κ3) is 4.61. The number of sulfonamides is 1. The number of rotatable bonds is 5. The molecule has 0 spiro atoms. The van der Waals surface area contributed by atoms with Crippen molar-refractivity contribution in [1.82, 2.24) is 9.62 Å². The SMILES string of the molecule is Cc1ccc([C@H]2CCCCCN2CCNS(C)(=O)=O)o1. The molecule has 1 fully saturated rings. The molecule has 0 aromatic carbocycles. The predicted octanol–water partition coefficient (Wildman–Crippen LogP) is 2.05. The molecule has 1 aromatic rings. The van der Waals surface area contributed by atoms with Crippen LogP contribution in [0.25, 0.3) is 0 Å². The van der Waals surface area contributed by atoms with Crippen molar-refractivity contribution >= 4 is 10.0 Å². The molecule has 0 bridgehead atoms. The third-order valence-electron chi connectivity index (χ3n) is 3.72. The van der Waals surface area contributed by atoms with Crippen molar-refractivity contribution in [2.24, 2.45) is 0 Å². The van der Waals surface area contributed by atoms with Gasteiger partial charge < -0.3 is 4.42 Å². The van der Waals surface area contributed by atoms with Gasteiger partial charge in [-0.2, -0.15) is 0 Å². The fourth-order valence-electron chi connectivity index (χ4n) is 2.76. The highest BCUT2D eigenvalue weighted by Gasteiger charge is 2.24. The van der Waals surface area contributed by atoms with Gasteiger partial charge in [-0.05, 0) is 38.4 Å². The monoisotopic (exact) mass is 300 g/mol. The van der Waals surface area contributed by atoms with Gasteiger partial charge in [0.05, 0.1) is 12.3 Å². The van der Waals surface area contributed by atoms with Crippen LogP contribution < -0.4 is 4.72 Å². The maximum Gasteiger partial charge on any atom is 0.208 e. The second-order valence-electron chi connectivity index (χ2n) is 5.52. The lowest BCUT2D eigenvalue weighted by Crippen LogP contribution is -2.36. The predicted molar refractivity (Wildman–Crippen MR) is 79.1 cm³/mol. The molecule has 0 aliphatic carbocycles. The second-order valence-corrected chi connectivity index (χ2v) is 7.35. The van der Waals surface area contributed by atoms with Gasteiger partial charge >= 0.3 is 0 Å². The number of hydrogen-bond donors (Lipinski definition) is 1. The maximum atomic E-state index is 11.1. The molecule has 0 amide bonds. The topological polar surface area (TPSA) is 62.6 Å². The Hall–Kier alpha value is -0.850. The molecule has 20 heavy (non-hydrogen) atoms. The molecule has 1 N–H and O–H groups in total. The number of aryl methyl sites for hydroxylation is 1. The molecular formula is C14H24N2O3S. The van der Waals surface area contributed by atoms with Gasteiger partial charge in [0.25, 0.3) is 0 Å². The van der Waals surface area contributed by atoms with Gasteiger partial charge in [0, 0.05) is 13.1 Å². The highest BCUT2D eigenvalue weighted by Crippen LogP contribution is 2.30. The molecule has 1 aliphatic heterocycles. The molecule has 0 saturated carbocycles. The van der Waals surface area contributed by atoms with Crippen molar-refractivity contribution in [3.63, 3.8) is 0 Å². The second kappa shape index (κ2) is 6.74. The number of nitrogens with zero attached hydrogens (tertiary/aromatic N) is 1. The molecule has 1 aromatic heterocycles. The summed E-state index contributed by atoms with van der Waals surface area (Å²) in [4.78, 5) is 2.34. The van der Waals surface area contributed by atoms with Crippen LogP contribution in [0, 0.1) is 6.92 Å². The van der Waals surface area contributed by atoms with Crippen molar-refractivity contribution in [3.8, 4) is 0 Å². The Kier molecular flexibility index (Phi) is 5.23. The zero-order chi connectivity index (χ0) is 14.6. The summed E-state index contributed by atoms with van der Waals surface area (Å²) >= 11 is 0. The van der Waals surface area contributed by atoms with Crippen LogP contribution in [-0.4, -0.2) is 39.2 Å². The molecule has 1 atom stereocenters. The van der Waals surface area contributed by atoms with Crippen molar-refractivity contribution < 1.29 is 12.8 Å². The molecule has 1 aliphatic rings. The maximum absolute atomic E-state index is 11.1. The van der Waals surface area contributed by atoms with Gasteiger partial charge in [-0.1, -0.05) is 12.8 Å². The van der Waals surface area contributed by atoms with Crippen molar-refractivity contribution in [2.45, 2.75) is 38.6 Å². The van der Waals surface area contributed by atoms with Gasteiger partial charge in [-0.25, -0.2) is 13.1 Å². The largest absolute Gasteiger partial charge is 0.465 e. The first-order valence-corrected chi connectivity index (χ1v) is 9.10. The molecular weight excluding hydrogens is 276 g/mol. The van der Waals surface area contributed by atoms with E-state index in [0.717, 1.165) is 37.5 Å². The zero-order valence-corrected chi connectivity index (χ0v) is 13.1. The summed E-state index contributed by atoms with van der Waals surface area (Å²) < 4.78 is 30.6. The Morgan fingerprint density at radius 3 is 2.80 bits per heavy atom. The third-order valence-corrected chi connectivity index (χ3v) is 4.45. The lowest BCUT2D eigenvalue weighted by Gasteiger charge is -2.28. The minimum atomic E-state index is -3.11. The van der Waals surface area contributed by atoms with Gasteiger partial charge in [0.1, 0.15) is 11.5 Å². The summed E-state index contributed by atoms with van der Waals surface area (Å²) in [6.07, 6.45) is 5.86. The smallest absolute Gasteiger partial charge is 0.208 e.